The van der Waals surface area contributed by atoms with Crippen molar-refractivity contribution in [2.24, 2.45) is 5.92 Å². The lowest BCUT2D eigenvalue weighted by atomic mass is 9.97. The van der Waals surface area contributed by atoms with Crippen LogP contribution in [0.25, 0.3) is 0 Å². The Balaban J connectivity index is 1.76. The molecule has 1 aliphatic rings. The first kappa shape index (κ1) is 14.5. The predicted molar refractivity (Wildman–Crippen MR) is 77.5 cm³/mol. The summed E-state index contributed by atoms with van der Waals surface area (Å²) >= 11 is 0. The van der Waals surface area contributed by atoms with Crippen molar-refractivity contribution in [1.29, 1.82) is 0 Å². The largest absolute Gasteiger partial charge is 0.380 e. The van der Waals surface area contributed by atoms with Crippen LogP contribution in [-0.2, 0) is 17.9 Å². The monoisotopic (exact) mass is 263 g/mol. The highest BCUT2D eigenvalue weighted by molar-refractivity contribution is 5.21. The van der Waals surface area contributed by atoms with Gasteiger partial charge in [0.15, 0.2) is 0 Å². The van der Waals surface area contributed by atoms with Gasteiger partial charge in [0, 0.05) is 38.2 Å². The lowest BCUT2D eigenvalue weighted by Gasteiger charge is -2.18. The number of ether oxygens (including phenoxy) is 1. The van der Waals surface area contributed by atoms with Gasteiger partial charge in [-0.3, -0.25) is 10.9 Å². The fraction of sp³-hybridized carbons (Fsp3) is 0.600. The van der Waals surface area contributed by atoms with Gasteiger partial charge in [-0.15, -0.1) is 0 Å². The average molecular weight is 263 g/mol. The Hall–Kier alpha value is -0.940. The van der Waals surface area contributed by atoms with E-state index in [0.717, 1.165) is 13.1 Å². The number of benzene rings is 1. The molecule has 2 unspecified atom stereocenters. The van der Waals surface area contributed by atoms with Crippen LogP contribution in [0.3, 0.4) is 0 Å². The zero-order valence-corrected chi connectivity index (χ0v) is 12.1. The van der Waals surface area contributed by atoms with Crippen molar-refractivity contribution in [1.82, 2.24) is 16.2 Å². The third-order valence-electron chi connectivity index (χ3n) is 3.87. The molecule has 4 nitrogen and oxygen atoms in total. The van der Waals surface area contributed by atoms with Crippen LogP contribution in [0.15, 0.2) is 24.3 Å². The van der Waals surface area contributed by atoms with Gasteiger partial charge in [-0.25, -0.2) is 0 Å². The molecule has 2 rings (SSSR count). The molecule has 0 aromatic heterocycles. The van der Waals surface area contributed by atoms with Crippen molar-refractivity contribution in [3.8, 4) is 0 Å². The van der Waals surface area contributed by atoms with E-state index >= 15 is 0 Å². The molecule has 1 fully saturated rings. The molecule has 0 bridgehead atoms. The van der Waals surface area contributed by atoms with Crippen LogP contribution in [0, 0.1) is 5.92 Å². The number of hydrogen-bond donors (Lipinski definition) is 3. The molecule has 1 saturated heterocycles. The minimum atomic E-state index is 0.520. The first-order valence-corrected chi connectivity index (χ1v) is 6.99. The van der Waals surface area contributed by atoms with Gasteiger partial charge in [-0.05, 0) is 25.0 Å². The Bertz CT molecular complexity index is 369. The van der Waals surface area contributed by atoms with Crippen molar-refractivity contribution in [2.45, 2.75) is 39.1 Å². The van der Waals surface area contributed by atoms with E-state index in [-0.39, 0.29) is 0 Å². The molecule has 106 valence electrons. The van der Waals surface area contributed by atoms with E-state index in [2.05, 4.69) is 54.3 Å². The minimum Gasteiger partial charge on any atom is -0.380 e. The highest BCUT2D eigenvalue weighted by Crippen LogP contribution is 2.13. The molecule has 1 heterocycles. The summed E-state index contributed by atoms with van der Waals surface area (Å²) in [6.07, 6.45) is 0. The van der Waals surface area contributed by atoms with Gasteiger partial charge in [0.25, 0.3) is 0 Å². The molecule has 1 aromatic carbocycles. The molecule has 3 N–H and O–H groups in total. The van der Waals surface area contributed by atoms with Crippen LogP contribution >= 0.6 is 0 Å². The lowest BCUT2D eigenvalue weighted by molar-refractivity contribution is 0.185. The summed E-state index contributed by atoms with van der Waals surface area (Å²) in [6.45, 7) is 7.08. The van der Waals surface area contributed by atoms with Crippen molar-refractivity contribution >= 4 is 0 Å². The summed E-state index contributed by atoms with van der Waals surface area (Å²) in [5.41, 5.74) is 9.11. The molecule has 0 spiro atoms. The molecule has 2 atom stereocenters. The highest BCUT2D eigenvalue weighted by atomic mass is 16.5. The van der Waals surface area contributed by atoms with Gasteiger partial charge >= 0.3 is 0 Å². The van der Waals surface area contributed by atoms with Crippen molar-refractivity contribution < 1.29 is 4.74 Å². The highest BCUT2D eigenvalue weighted by Gasteiger charge is 2.28. The second kappa shape index (κ2) is 7.01. The van der Waals surface area contributed by atoms with Gasteiger partial charge in [0.1, 0.15) is 0 Å². The van der Waals surface area contributed by atoms with Crippen LogP contribution in [0.1, 0.15) is 25.0 Å². The fourth-order valence-electron chi connectivity index (χ4n) is 2.57. The second-order valence-corrected chi connectivity index (χ2v) is 5.41. The smallest absolute Gasteiger partial charge is 0.0713 e. The third kappa shape index (κ3) is 4.01. The maximum absolute atomic E-state index is 5.11. The molecule has 0 aliphatic carbocycles. The number of methoxy groups -OCH3 is 1. The van der Waals surface area contributed by atoms with Crippen molar-refractivity contribution in [3.63, 3.8) is 0 Å². The van der Waals surface area contributed by atoms with Crippen LogP contribution in [-0.4, -0.2) is 25.7 Å². The Kier molecular flexibility index (Phi) is 5.34. The van der Waals surface area contributed by atoms with E-state index < -0.39 is 0 Å². The zero-order valence-electron chi connectivity index (χ0n) is 12.1. The Morgan fingerprint density at radius 2 is 1.63 bits per heavy atom. The fourth-order valence-corrected chi connectivity index (χ4v) is 2.57. The predicted octanol–water partition coefficient (Wildman–Crippen LogP) is 1.42. The Morgan fingerprint density at radius 3 is 2.21 bits per heavy atom. The van der Waals surface area contributed by atoms with Crippen molar-refractivity contribution in [3.05, 3.63) is 35.4 Å². The SMILES string of the molecule is COCc1ccc(CNCC2C(C)NNC2C)cc1. The maximum Gasteiger partial charge on any atom is 0.0713 e. The van der Waals surface area contributed by atoms with E-state index in [1.807, 2.05) is 0 Å². The van der Waals surface area contributed by atoms with Crippen LogP contribution in [0.2, 0.25) is 0 Å². The first-order valence-electron chi connectivity index (χ1n) is 6.99. The van der Waals surface area contributed by atoms with Crippen molar-refractivity contribution in [2.75, 3.05) is 13.7 Å². The Labute approximate surface area is 115 Å². The molecular weight excluding hydrogens is 238 g/mol. The number of nitrogens with one attached hydrogen (secondary N) is 3. The summed E-state index contributed by atoms with van der Waals surface area (Å²) in [6, 6.07) is 9.63. The summed E-state index contributed by atoms with van der Waals surface area (Å²) < 4.78 is 5.11. The van der Waals surface area contributed by atoms with Crippen LogP contribution in [0.5, 0.6) is 0 Å². The standard InChI is InChI=1S/C15H25N3O/c1-11-15(12(2)18-17-11)9-16-8-13-4-6-14(7-5-13)10-19-3/h4-7,11-12,15-18H,8-10H2,1-3H3. The van der Waals surface area contributed by atoms with Gasteiger partial charge in [-0.2, -0.15) is 0 Å². The molecule has 1 aliphatic heterocycles. The van der Waals surface area contributed by atoms with Gasteiger partial charge < -0.3 is 10.1 Å². The summed E-state index contributed by atoms with van der Waals surface area (Å²) in [5.74, 6) is 0.632. The van der Waals surface area contributed by atoms with Gasteiger partial charge in [0.2, 0.25) is 0 Å². The summed E-state index contributed by atoms with van der Waals surface area (Å²) in [5, 5.41) is 3.54. The molecule has 4 heteroatoms. The normalized spacial score (nSPS) is 26.8. The molecular formula is C15H25N3O. The molecule has 1 aromatic rings. The average Bonchev–Trinajstić information content (AvgIpc) is 2.73. The second-order valence-electron chi connectivity index (χ2n) is 5.41. The van der Waals surface area contributed by atoms with E-state index in [9.17, 15) is 0 Å². The summed E-state index contributed by atoms with van der Waals surface area (Å²) in [4.78, 5) is 0. The zero-order chi connectivity index (χ0) is 13.7. The first-order chi connectivity index (χ1) is 9.20. The maximum atomic E-state index is 5.11. The van der Waals surface area contributed by atoms with E-state index in [0.29, 0.717) is 24.6 Å². The van der Waals surface area contributed by atoms with Gasteiger partial charge in [0.05, 0.1) is 6.61 Å². The molecule has 0 radical (unpaired) electrons. The quantitative estimate of drug-likeness (QED) is 0.726. The number of hydrogen-bond acceptors (Lipinski definition) is 4. The van der Waals surface area contributed by atoms with Crippen LogP contribution in [0.4, 0.5) is 0 Å². The lowest BCUT2D eigenvalue weighted by Crippen LogP contribution is -2.33. The molecule has 0 saturated carbocycles. The summed E-state index contributed by atoms with van der Waals surface area (Å²) in [7, 11) is 1.72. The van der Waals surface area contributed by atoms with E-state index in [4.69, 9.17) is 4.74 Å². The van der Waals surface area contributed by atoms with E-state index in [1.54, 1.807) is 7.11 Å². The molecule has 0 amide bonds. The number of hydrazine groups is 1. The molecule has 19 heavy (non-hydrogen) atoms. The van der Waals surface area contributed by atoms with E-state index in [1.165, 1.54) is 11.1 Å². The van der Waals surface area contributed by atoms with Crippen LogP contribution < -0.4 is 16.2 Å². The number of rotatable bonds is 6. The van der Waals surface area contributed by atoms with Gasteiger partial charge in [-0.1, -0.05) is 24.3 Å². The Morgan fingerprint density at radius 1 is 1.05 bits per heavy atom. The topological polar surface area (TPSA) is 45.3 Å². The minimum absolute atomic E-state index is 0.520. The third-order valence-corrected chi connectivity index (χ3v) is 3.87.